The maximum atomic E-state index is 11.2. The lowest BCUT2D eigenvalue weighted by Crippen LogP contribution is -2.04. The zero-order valence-electron chi connectivity index (χ0n) is 8.83. The van der Waals surface area contributed by atoms with Crippen molar-refractivity contribution in [1.82, 2.24) is 0 Å². The number of anilines is 1. The lowest BCUT2D eigenvalue weighted by atomic mass is 10.1. The predicted octanol–water partition coefficient (Wildman–Crippen LogP) is 1.83. The number of carbonyl (C=O) groups excluding carboxylic acids is 1. The molecule has 0 aliphatic carbocycles. The molecule has 0 radical (unpaired) electrons. The molecule has 15 heavy (non-hydrogen) atoms. The van der Waals surface area contributed by atoms with Gasteiger partial charge in [-0.05, 0) is 30.7 Å². The lowest BCUT2D eigenvalue weighted by molar-refractivity contribution is 0.0600. The van der Waals surface area contributed by atoms with Crippen LogP contribution in [-0.4, -0.2) is 19.6 Å². The van der Waals surface area contributed by atoms with Crippen LogP contribution in [0.15, 0.2) is 18.2 Å². The minimum Gasteiger partial charge on any atom is -0.465 e. The Morgan fingerprint density at radius 2 is 2.33 bits per heavy atom. The van der Waals surface area contributed by atoms with Gasteiger partial charge in [0.15, 0.2) is 0 Å². The number of rotatable bonds is 3. The van der Waals surface area contributed by atoms with Crippen LogP contribution in [0.4, 0.5) is 5.69 Å². The van der Waals surface area contributed by atoms with E-state index in [9.17, 15) is 4.79 Å². The van der Waals surface area contributed by atoms with E-state index < -0.39 is 0 Å². The number of esters is 1. The van der Waals surface area contributed by atoms with E-state index in [1.54, 1.807) is 12.1 Å². The molecular weight excluding hydrogens is 190 g/mol. The molecule has 0 heterocycles. The van der Waals surface area contributed by atoms with Gasteiger partial charge in [0.1, 0.15) is 0 Å². The number of carbonyl (C=O) groups is 1. The molecule has 3 heteroatoms. The number of hydrogen-bond acceptors (Lipinski definition) is 3. The topological polar surface area (TPSA) is 38.3 Å². The summed E-state index contributed by atoms with van der Waals surface area (Å²) in [5.41, 5.74) is 2.44. The molecular formula is C12H13NO2. The standard InChI is InChI=1S/C12H13NO2/c1-4-7-13-11-6-5-10(8-9(11)2)12(14)15-3/h1,5-6,8,13H,7H2,2-3H3. The van der Waals surface area contributed by atoms with Gasteiger partial charge in [-0.3, -0.25) is 0 Å². The van der Waals surface area contributed by atoms with Crippen molar-refractivity contribution in [2.75, 3.05) is 19.0 Å². The second kappa shape index (κ2) is 5.06. The van der Waals surface area contributed by atoms with Gasteiger partial charge in [0.2, 0.25) is 0 Å². The fourth-order valence-electron chi connectivity index (χ4n) is 1.25. The smallest absolute Gasteiger partial charge is 0.337 e. The number of methoxy groups -OCH3 is 1. The summed E-state index contributed by atoms with van der Waals surface area (Å²) >= 11 is 0. The summed E-state index contributed by atoms with van der Waals surface area (Å²) in [4.78, 5) is 11.2. The fourth-order valence-corrected chi connectivity index (χ4v) is 1.25. The molecule has 0 bridgehead atoms. The first-order chi connectivity index (χ1) is 7.19. The van der Waals surface area contributed by atoms with Crippen LogP contribution in [0.25, 0.3) is 0 Å². The molecule has 0 aliphatic rings. The summed E-state index contributed by atoms with van der Waals surface area (Å²) in [5.74, 6) is 2.16. The summed E-state index contributed by atoms with van der Waals surface area (Å²) in [7, 11) is 1.36. The zero-order chi connectivity index (χ0) is 11.3. The fraction of sp³-hybridized carbons (Fsp3) is 0.250. The minimum atomic E-state index is -0.332. The third kappa shape index (κ3) is 2.75. The van der Waals surface area contributed by atoms with Crippen LogP contribution < -0.4 is 5.32 Å². The SMILES string of the molecule is C#CCNc1ccc(C(=O)OC)cc1C. The van der Waals surface area contributed by atoms with Crippen molar-refractivity contribution < 1.29 is 9.53 Å². The van der Waals surface area contributed by atoms with Crippen molar-refractivity contribution in [3.05, 3.63) is 29.3 Å². The molecule has 0 aliphatic heterocycles. The molecule has 0 atom stereocenters. The van der Waals surface area contributed by atoms with Gasteiger partial charge in [0.25, 0.3) is 0 Å². The second-order valence-corrected chi connectivity index (χ2v) is 3.08. The van der Waals surface area contributed by atoms with Gasteiger partial charge in [-0.25, -0.2) is 4.79 Å². The van der Waals surface area contributed by atoms with Crippen molar-refractivity contribution in [2.24, 2.45) is 0 Å². The number of terminal acetylenes is 1. The number of ether oxygens (including phenoxy) is 1. The Bertz CT molecular complexity index is 405. The quantitative estimate of drug-likeness (QED) is 0.601. The van der Waals surface area contributed by atoms with Crippen molar-refractivity contribution in [2.45, 2.75) is 6.92 Å². The highest BCUT2D eigenvalue weighted by molar-refractivity contribution is 5.90. The van der Waals surface area contributed by atoms with E-state index >= 15 is 0 Å². The van der Waals surface area contributed by atoms with Gasteiger partial charge in [0.05, 0.1) is 19.2 Å². The molecule has 0 fully saturated rings. The monoisotopic (exact) mass is 203 g/mol. The summed E-state index contributed by atoms with van der Waals surface area (Å²) in [5, 5.41) is 3.06. The van der Waals surface area contributed by atoms with Gasteiger partial charge in [-0.15, -0.1) is 6.42 Å². The highest BCUT2D eigenvalue weighted by Crippen LogP contribution is 2.16. The molecule has 0 spiro atoms. The van der Waals surface area contributed by atoms with Crippen LogP contribution in [0, 0.1) is 19.3 Å². The number of nitrogens with one attached hydrogen (secondary N) is 1. The van der Waals surface area contributed by atoms with Crippen molar-refractivity contribution in [3.63, 3.8) is 0 Å². The average Bonchev–Trinajstić information content (AvgIpc) is 2.26. The third-order valence-corrected chi connectivity index (χ3v) is 2.03. The Hall–Kier alpha value is -1.95. The Morgan fingerprint density at radius 3 is 2.87 bits per heavy atom. The molecule has 1 rings (SSSR count). The van der Waals surface area contributed by atoms with Gasteiger partial charge in [-0.1, -0.05) is 5.92 Å². The zero-order valence-corrected chi connectivity index (χ0v) is 8.83. The third-order valence-electron chi connectivity index (χ3n) is 2.03. The molecule has 1 aromatic rings. The van der Waals surface area contributed by atoms with Crippen molar-refractivity contribution in [1.29, 1.82) is 0 Å². The van der Waals surface area contributed by atoms with Gasteiger partial charge < -0.3 is 10.1 Å². The van der Waals surface area contributed by atoms with E-state index in [-0.39, 0.29) is 5.97 Å². The van der Waals surface area contributed by atoms with E-state index in [4.69, 9.17) is 6.42 Å². The summed E-state index contributed by atoms with van der Waals surface area (Å²) in [6.45, 7) is 2.38. The maximum Gasteiger partial charge on any atom is 0.337 e. The predicted molar refractivity (Wildman–Crippen MR) is 59.8 cm³/mol. The van der Waals surface area contributed by atoms with Gasteiger partial charge in [-0.2, -0.15) is 0 Å². The van der Waals surface area contributed by atoms with E-state index in [2.05, 4.69) is 16.0 Å². The molecule has 0 saturated heterocycles. The first-order valence-corrected chi connectivity index (χ1v) is 4.55. The number of benzene rings is 1. The second-order valence-electron chi connectivity index (χ2n) is 3.08. The molecule has 0 amide bonds. The van der Waals surface area contributed by atoms with E-state index in [0.29, 0.717) is 12.1 Å². The van der Waals surface area contributed by atoms with Crippen molar-refractivity contribution in [3.8, 4) is 12.3 Å². The molecule has 3 nitrogen and oxygen atoms in total. The molecule has 0 unspecified atom stereocenters. The molecule has 1 aromatic carbocycles. The van der Waals surface area contributed by atoms with Crippen LogP contribution >= 0.6 is 0 Å². The molecule has 0 saturated carbocycles. The van der Waals surface area contributed by atoms with Gasteiger partial charge in [0, 0.05) is 5.69 Å². The average molecular weight is 203 g/mol. The Balaban J connectivity index is 2.89. The molecule has 1 N–H and O–H groups in total. The normalized spacial score (nSPS) is 9.13. The Kier molecular flexibility index (Phi) is 3.75. The summed E-state index contributed by atoms with van der Waals surface area (Å²) in [6.07, 6.45) is 5.14. The Morgan fingerprint density at radius 1 is 1.60 bits per heavy atom. The molecule has 78 valence electrons. The Labute approximate surface area is 89.4 Å². The van der Waals surface area contributed by atoms with E-state index in [1.165, 1.54) is 7.11 Å². The van der Waals surface area contributed by atoms with Crippen LogP contribution in [-0.2, 0) is 4.74 Å². The first-order valence-electron chi connectivity index (χ1n) is 4.55. The van der Waals surface area contributed by atoms with Crippen LogP contribution in [0.3, 0.4) is 0 Å². The largest absolute Gasteiger partial charge is 0.465 e. The number of hydrogen-bond donors (Lipinski definition) is 1. The maximum absolute atomic E-state index is 11.2. The number of aryl methyl sites for hydroxylation is 1. The van der Waals surface area contributed by atoms with E-state index in [0.717, 1.165) is 11.3 Å². The lowest BCUT2D eigenvalue weighted by Gasteiger charge is -2.08. The highest BCUT2D eigenvalue weighted by atomic mass is 16.5. The molecule has 0 aromatic heterocycles. The summed E-state index contributed by atoms with van der Waals surface area (Å²) < 4.78 is 4.62. The minimum absolute atomic E-state index is 0.332. The van der Waals surface area contributed by atoms with Crippen LogP contribution in [0.1, 0.15) is 15.9 Å². The van der Waals surface area contributed by atoms with Crippen LogP contribution in [0.2, 0.25) is 0 Å². The van der Waals surface area contributed by atoms with Gasteiger partial charge >= 0.3 is 5.97 Å². The highest BCUT2D eigenvalue weighted by Gasteiger charge is 2.06. The van der Waals surface area contributed by atoms with E-state index in [1.807, 2.05) is 13.0 Å². The van der Waals surface area contributed by atoms with Crippen molar-refractivity contribution >= 4 is 11.7 Å². The van der Waals surface area contributed by atoms with Crippen LogP contribution in [0.5, 0.6) is 0 Å². The first kappa shape index (κ1) is 11.1. The summed E-state index contributed by atoms with van der Waals surface area (Å²) in [6, 6.07) is 5.29.